The summed E-state index contributed by atoms with van der Waals surface area (Å²) < 4.78 is 0. The summed E-state index contributed by atoms with van der Waals surface area (Å²) in [6.07, 6.45) is 8.64. The Kier molecular flexibility index (Phi) is 8.19. The summed E-state index contributed by atoms with van der Waals surface area (Å²) in [4.78, 5) is 10.1. The molecule has 0 rings (SSSR count). The van der Waals surface area contributed by atoms with Crippen LogP contribution in [0.5, 0.6) is 0 Å². The van der Waals surface area contributed by atoms with Crippen LogP contribution in [-0.2, 0) is 4.79 Å². The average molecular weight is 173 g/mol. The minimum absolute atomic E-state index is 0.341. The van der Waals surface area contributed by atoms with Crippen molar-refractivity contribution in [2.75, 3.05) is 0 Å². The smallest absolute Gasteiger partial charge is 0.303 e. The van der Waals surface area contributed by atoms with Gasteiger partial charge in [0, 0.05) is 6.42 Å². The van der Waals surface area contributed by atoms with E-state index in [2.05, 4.69) is 6.92 Å². The summed E-state index contributed by atoms with van der Waals surface area (Å²) in [6.45, 7) is 2.20. The molecule has 0 bridgehead atoms. The zero-order chi connectivity index (χ0) is 9.23. The van der Waals surface area contributed by atoms with Crippen molar-refractivity contribution >= 4 is 5.97 Å². The highest BCUT2D eigenvalue weighted by Crippen LogP contribution is 2.07. The fourth-order valence-corrected chi connectivity index (χ4v) is 1.23. The summed E-state index contributed by atoms with van der Waals surface area (Å²) in [5.74, 6) is -0.663. The summed E-state index contributed by atoms with van der Waals surface area (Å²) in [7, 11) is 0. The van der Waals surface area contributed by atoms with Gasteiger partial charge in [-0.15, -0.1) is 0 Å². The van der Waals surface area contributed by atoms with Crippen LogP contribution in [0.1, 0.15) is 58.3 Å². The Hall–Kier alpha value is -0.530. The monoisotopic (exact) mass is 173 g/mol. The lowest BCUT2D eigenvalue weighted by atomic mass is 10.1. The predicted octanol–water partition coefficient (Wildman–Crippen LogP) is 3.21. The van der Waals surface area contributed by atoms with E-state index in [1.807, 2.05) is 0 Å². The second kappa shape index (κ2) is 8.57. The Morgan fingerprint density at radius 1 is 1.00 bits per heavy atom. The standard InChI is InChI=1S/C10H20O2/c1-2-3-4-5-6-7-8-9-10(11)12/h2-9H2,1H3,(H,11,12)/i10+1. The normalized spacial score (nSPS) is 10.1. The van der Waals surface area contributed by atoms with Gasteiger partial charge >= 0.3 is 5.97 Å². The first-order valence-electron chi connectivity index (χ1n) is 4.99. The van der Waals surface area contributed by atoms with Crippen molar-refractivity contribution in [3.05, 3.63) is 0 Å². The average Bonchev–Trinajstić information content (AvgIpc) is 2.02. The van der Waals surface area contributed by atoms with Crippen LogP contribution in [-0.4, -0.2) is 11.1 Å². The number of hydrogen-bond donors (Lipinski definition) is 1. The van der Waals surface area contributed by atoms with Crippen LogP contribution < -0.4 is 0 Å². The number of carbonyl (C=O) groups is 1. The number of unbranched alkanes of at least 4 members (excludes halogenated alkanes) is 6. The molecule has 0 aromatic rings. The van der Waals surface area contributed by atoms with Gasteiger partial charge in [0.25, 0.3) is 0 Å². The lowest BCUT2D eigenvalue weighted by molar-refractivity contribution is -0.137. The van der Waals surface area contributed by atoms with Crippen LogP contribution in [0.4, 0.5) is 0 Å². The van der Waals surface area contributed by atoms with Crippen molar-refractivity contribution in [1.82, 2.24) is 0 Å². The second-order valence-corrected chi connectivity index (χ2v) is 3.27. The lowest BCUT2D eigenvalue weighted by Crippen LogP contribution is -1.93. The molecule has 2 heteroatoms. The molecule has 0 saturated carbocycles. The van der Waals surface area contributed by atoms with Gasteiger partial charge in [-0.3, -0.25) is 4.79 Å². The maximum absolute atomic E-state index is 10.1. The van der Waals surface area contributed by atoms with E-state index in [0.29, 0.717) is 6.42 Å². The topological polar surface area (TPSA) is 37.3 Å². The molecule has 0 saturated heterocycles. The Morgan fingerprint density at radius 3 is 2.00 bits per heavy atom. The van der Waals surface area contributed by atoms with E-state index in [1.54, 1.807) is 0 Å². The van der Waals surface area contributed by atoms with Crippen LogP contribution in [0.25, 0.3) is 0 Å². The quantitative estimate of drug-likeness (QED) is 0.452. The van der Waals surface area contributed by atoms with E-state index in [0.717, 1.165) is 12.8 Å². The van der Waals surface area contributed by atoms with Gasteiger partial charge in [-0.1, -0.05) is 45.4 Å². The van der Waals surface area contributed by atoms with Crippen molar-refractivity contribution in [2.24, 2.45) is 0 Å². The maximum Gasteiger partial charge on any atom is 0.303 e. The third-order valence-corrected chi connectivity index (χ3v) is 1.99. The van der Waals surface area contributed by atoms with Crippen molar-refractivity contribution in [3.63, 3.8) is 0 Å². The molecule has 0 aliphatic heterocycles. The largest absolute Gasteiger partial charge is 0.481 e. The lowest BCUT2D eigenvalue weighted by Gasteiger charge is -1.98. The molecule has 0 aromatic carbocycles. The number of aliphatic carboxylic acids is 1. The van der Waals surface area contributed by atoms with Crippen molar-refractivity contribution in [2.45, 2.75) is 58.3 Å². The molecule has 0 aliphatic carbocycles. The highest BCUT2D eigenvalue weighted by atomic mass is 16.5. The minimum Gasteiger partial charge on any atom is -0.481 e. The predicted molar refractivity (Wildman–Crippen MR) is 50.2 cm³/mol. The third kappa shape index (κ3) is 9.47. The summed E-state index contributed by atoms with van der Waals surface area (Å²) in [6, 6.07) is 0. The molecular formula is C10H20O2. The SMILES string of the molecule is CCCCCCCCC[13C](=O)O. The van der Waals surface area contributed by atoms with Gasteiger partial charge in [0.2, 0.25) is 0 Å². The van der Waals surface area contributed by atoms with Crippen LogP contribution in [0.15, 0.2) is 0 Å². The van der Waals surface area contributed by atoms with Gasteiger partial charge in [-0.2, -0.15) is 0 Å². The fourth-order valence-electron chi connectivity index (χ4n) is 1.23. The molecule has 1 N–H and O–H groups in total. The number of hydrogen-bond acceptors (Lipinski definition) is 1. The summed E-state index contributed by atoms with van der Waals surface area (Å²) in [5, 5.41) is 8.35. The Labute approximate surface area is 75.0 Å². The number of rotatable bonds is 8. The molecule has 0 unspecified atom stereocenters. The van der Waals surface area contributed by atoms with Crippen molar-refractivity contribution in [3.8, 4) is 0 Å². The molecule has 0 aromatic heterocycles. The molecule has 2 nitrogen and oxygen atoms in total. The highest BCUT2D eigenvalue weighted by molar-refractivity contribution is 5.66. The molecule has 0 atom stereocenters. The summed E-state index contributed by atoms with van der Waals surface area (Å²) in [5.41, 5.74) is 0. The fraction of sp³-hybridized carbons (Fsp3) is 0.900. The second-order valence-electron chi connectivity index (χ2n) is 3.27. The van der Waals surface area contributed by atoms with E-state index in [9.17, 15) is 4.79 Å². The molecule has 0 spiro atoms. The highest BCUT2D eigenvalue weighted by Gasteiger charge is 1.95. The van der Waals surface area contributed by atoms with E-state index >= 15 is 0 Å². The van der Waals surface area contributed by atoms with Gasteiger partial charge in [0.05, 0.1) is 0 Å². The zero-order valence-electron chi connectivity index (χ0n) is 8.01. The third-order valence-electron chi connectivity index (χ3n) is 1.99. The number of carboxylic acid groups (broad SMARTS) is 1. The van der Waals surface area contributed by atoms with Crippen molar-refractivity contribution in [1.29, 1.82) is 0 Å². The van der Waals surface area contributed by atoms with Gasteiger partial charge in [-0.25, -0.2) is 0 Å². The molecule has 72 valence electrons. The first-order valence-corrected chi connectivity index (χ1v) is 4.99. The first kappa shape index (κ1) is 11.5. The Morgan fingerprint density at radius 2 is 1.50 bits per heavy atom. The van der Waals surface area contributed by atoms with E-state index in [-0.39, 0.29) is 0 Å². The zero-order valence-corrected chi connectivity index (χ0v) is 8.01. The van der Waals surface area contributed by atoms with Gasteiger partial charge in [0.15, 0.2) is 0 Å². The van der Waals surface area contributed by atoms with E-state index in [1.165, 1.54) is 32.1 Å². The molecule has 0 radical (unpaired) electrons. The van der Waals surface area contributed by atoms with E-state index < -0.39 is 5.97 Å². The Bertz CT molecular complexity index is 110. The van der Waals surface area contributed by atoms with Crippen LogP contribution in [0.3, 0.4) is 0 Å². The first-order chi connectivity index (χ1) is 5.77. The molecular weight excluding hydrogens is 153 g/mol. The summed E-state index contributed by atoms with van der Waals surface area (Å²) >= 11 is 0. The van der Waals surface area contributed by atoms with Gasteiger partial charge in [0.1, 0.15) is 0 Å². The van der Waals surface area contributed by atoms with Crippen molar-refractivity contribution < 1.29 is 9.90 Å². The Balaban J connectivity index is 2.86. The van der Waals surface area contributed by atoms with E-state index in [4.69, 9.17) is 5.11 Å². The molecule has 0 heterocycles. The van der Waals surface area contributed by atoms with Crippen LogP contribution >= 0.6 is 0 Å². The number of carboxylic acids is 1. The molecule has 0 fully saturated rings. The van der Waals surface area contributed by atoms with Gasteiger partial charge < -0.3 is 5.11 Å². The maximum atomic E-state index is 10.1. The van der Waals surface area contributed by atoms with Gasteiger partial charge in [-0.05, 0) is 6.42 Å². The molecule has 12 heavy (non-hydrogen) atoms. The molecule has 0 aliphatic rings. The van der Waals surface area contributed by atoms with Crippen LogP contribution in [0.2, 0.25) is 0 Å². The van der Waals surface area contributed by atoms with Crippen LogP contribution in [0, 0.1) is 0 Å². The minimum atomic E-state index is -0.663. The molecule has 0 amide bonds.